The molecule has 28 heavy (non-hydrogen) atoms. The van der Waals surface area contributed by atoms with Crippen LogP contribution in [0.15, 0.2) is 34.2 Å². The maximum atomic E-state index is 12.6. The van der Waals surface area contributed by atoms with Gasteiger partial charge in [-0.1, -0.05) is 43.8 Å². The molecule has 3 aromatic rings. The Morgan fingerprint density at radius 3 is 3.04 bits per heavy atom. The highest BCUT2D eigenvalue weighted by Gasteiger charge is 2.23. The minimum absolute atomic E-state index is 0.0868. The van der Waals surface area contributed by atoms with Crippen LogP contribution in [-0.4, -0.2) is 21.6 Å². The van der Waals surface area contributed by atoms with Crippen molar-refractivity contribution in [2.45, 2.75) is 44.7 Å². The van der Waals surface area contributed by atoms with Gasteiger partial charge < -0.3 is 10.3 Å². The van der Waals surface area contributed by atoms with E-state index in [1.54, 1.807) is 11.3 Å². The van der Waals surface area contributed by atoms with E-state index in [0.717, 1.165) is 47.2 Å². The second-order valence-electron chi connectivity index (χ2n) is 7.25. The number of nitrogens with zero attached hydrogens (tertiary/aromatic N) is 1. The number of hydrogen-bond donors (Lipinski definition) is 2. The molecule has 2 aromatic heterocycles. The second-order valence-corrected chi connectivity index (χ2v) is 9.30. The molecular formula is C21H23N3O2S2. The van der Waals surface area contributed by atoms with Crippen LogP contribution in [0, 0.1) is 5.92 Å². The molecule has 1 atom stereocenters. The standard InChI is InChI=1S/C21H23N3O2S2/c1-3-13-6-4-5-7-15(13)22-17(25)11-27-21-23-19(26)18-14-9-8-12(2)10-16(14)28-20(18)24-21/h4-7,12H,3,8-11H2,1-2H3,(H,22,25)(H,23,24,26). The highest BCUT2D eigenvalue weighted by molar-refractivity contribution is 7.99. The number of aromatic amines is 1. The van der Waals surface area contributed by atoms with Gasteiger partial charge in [-0.3, -0.25) is 9.59 Å². The van der Waals surface area contributed by atoms with Crippen LogP contribution >= 0.6 is 23.1 Å². The fourth-order valence-electron chi connectivity index (χ4n) is 3.67. The Bertz CT molecular complexity index is 1090. The molecule has 2 heterocycles. The van der Waals surface area contributed by atoms with Gasteiger partial charge in [-0.15, -0.1) is 11.3 Å². The summed E-state index contributed by atoms with van der Waals surface area (Å²) in [6.07, 6.45) is 3.95. The van der Waals surface area contributed by atoms with E-state index in [9.17, 15) is 9.59 Å². The Labute approximate surface area is 172 Å². The molecule has 5 nitrogen and oxygen atoms in total. The number of thiophene rings is 1. The van der Waals surface area contributed by atoms with E-state index in [1.807, 2.05) is 24.3 Å². The first-order valence-corrected chi connectivity index (χ1v) is 11.4. The number of carbonyl (C=O) groups excluding carboxylic acids is 1. The van der Waals surface area contributed by atoms with Gasteiger partial charge in [-0.25, -0.2) is 4.98 Å². The van der Waals surface area contributed by atoms with Crippen molar-refractivity contribution in [3.8, 4) is 0 Å². The quantitative estimate of drug-likeness (QED) is 0.480. The minimum atomic E-state index is -0.104. The first-order valence-electron chi connectivity index (χ1n) is 9.60. The smallest absolute Gasteiger partial charge is 0.260 e. The average Bonchev–Trinajstić information content (AvgIpc) is 3.04. The molecule has 0 saturated heterocycles. The molecule has 1 amide bonds. The lowest BCUT2D eigenvalue weighted by atomic mass is 9.89. The molecule has 0 radical (unpaired) electrons. The van der Waals surface area contributed by atoms with Crippen molar-refractivity contribution in [3.63, 3.8) is 0 Å². The van der Waals surface area contributed by atoms with Crippen LogP contribution in [0.4, 0.5) is 5.69 Å². The van der Waals surface area contributed by atoms with Crippen molar-refractivity contribution < 1.29 is 4.79 Å². The van der Waals surface area contributed by atoms with E-state index in [0.29, 0.717) is 11.1 Å². The van der Waals surface area contributed by atoms with E-state index >= 15 is 0 Å². The SMILES string of the molecule is CCc1ccccc1NC(=O)CSc1nc2sc3c(c2c(=O)[nH]1)CCC(C)C3. The lowest BCUT2D eigenvalue weighted by Crippen LogP contribution is -2.16. The third-order valence-electron chi connectivity index (χ3n) is 5.16. The van der Waals surface area contributed by atoms with Gasteiger partial charge in [0.15, 0.2) is 5.16 Å². The fraction of sp³-hybridized carbons (Fsp3) is 0.381. The minimum Gasteiger partial charge on any atom is -0.325 e. The Hall–Kier alpha value is -2.12. The van der Waals surface area contributed by atoms with Gasteiger partial charge in [0.1, 0.15) is 4.83 Å². The Morgan fingerprint density at radius 2 is 2.21 bits per heavy atom. The first kappa shape index (κ1) is 19.2. The van der Waals surface area contributed by atoms with Crippen LogP contribution in [0.1, 0.15) is 36.3 Å². The third kappa shape index (κ3) is 3.86. The Kier molecular flexibility index (Phi) is 5.55. The van der Waals surface area contributed by atoms with Gasteiger partial charge in [0.25, 0.3) is 5.56 Å². The number of para-hydroxylation sites is 1. The Balaban J connectivity index is 1.49. The summed E-state index contributed by atoms with van der Waals surface area (Å²) in [5.74, 6) is 0.755. The molecule has 0 aliphatic heterocycles. The average molecular weight is 414 g/mol. The molecule has 146 valence electrons. The summed E-state index contributed by atoms with van der Waals surface area (Å²) < 4.78 is 0. The monoisotopic (exact) mass is 413 g/mol. The number of hydrogen-bond acceptors (Lipinski definition) is 5. The van der Waals surface area contributed by atoms with Gasteiger partial charge in [-0.05, 0) is 48.8 Å². The fourth-order valence-corrected chi connectivity index (χ4v) is 5.77. The van der Waals surface area contributed by atoms with Crippen molar-refractivity contribution in [1.29, 1.82) is 0 Å². The number of benzene rings is 1. The van der Waals surface area contributed by atoms with Gasteiger partial charge in [0, 0.05) is 10.6 Å². The summed E-state index contributed by atoms with van der Waals surface area (Å²) in [5.41, 5.74) is 3.04. The number of nitrogens with one attached hydrogen (secondary N) is 2. The van der Waals surface area contributed by atoms with Crippen molar-refractivity contribution in [3.05, 3.63) is 50.6 Å². The predicted octanol–water partition coefficient (Wildman–Crippen LogP) is 4.40. The normalized spacial score (nSPS) is 16.1. The van der Waals surface area contributed by atoms with Gasteiger partial charge in [0.05, 0.1) is 11.1 Å². The second kappa shape index (κ2) is 8.09. The van der Waals surface area contributed by atoms with Crippen LogP contribution in [0.5, 0.6) is 0 Å². The molecule has 1 aliphatic rings. The maximum absolute atomic E-state index is 12.6. The number of anilines is 1. The number of amides is 1. The highest BCUT2D eigenvalue weighted by Crippen LogP contribution is 2.36. The van der Waals surface area contributed by atoms with E-state index in [1.165, 1.54) is 22.2 Å². The summed E-state index contributed by atoms with van der Waals surface area (Å²) in [4.78, 5) is 34.6. The molecule has 0 saturated carbocycles. The number of carbonyl (C=O) groups is 1. The van der Waals surface area contributed by atoms with Crippen LogP contribution in [0.3, 0.4) is 0 Å². The number of thioether (sulfide) groups is 1. The molecule has 2 N–H and O–H groups in total. The third-order valence-corrected chi connectivity index (χ3v) is 7.18. The lowest BCUT2D eigenvalue weighted by molar-refractivity contribution is -0.113. The molecule has 0 fully saturated rings. The zero-order valence-corrected chi connectivity index (χ0v) is 17.6. The van der Waals surface area contributed by atoms with Crippen LogP contribution in [-0.2, 0) is 24.1 Å². The van der Waals surface area contributed by atoms with Crippen LogP contribution < -0.4 is 10.9 Å². The largest absolute Gasteiger partial charge is 0.325 e. The summed E-state index contributed by atoms with van der Waals surface area (Å²) in [6, 6.07) is 7.79. The summed E-state index contributed by atoms with van der Waals surface area (Å²) in [7, 11) is 0. The van der Waals surface area contributed by atoms with Gasteiger partial charge >= 0.3 is 0 Å². The first-order chi connectivity index (χ1) is 13.5. The molecule has 7 heteroatoms. The van der Waals surface area contributed by atoms with E-state index in [2.05, 4.69) is 29.1 Å². The summed E-state index contributed by atoms with van der Waals surface area (Å²) >= 11 is 2.89. The van der Waals surface area contributed by atoms with Crippen molar-refractivity contribution in [2.75, 3.05) is 11.1 Å². The molecule has 1 unspecified atom stereocenters. The molecule has 1 aromatic carbocycles. The predicted molar refractivity (Wildman–Crippen MR) is 117 cm³/mol. The zero-order chi connectivity index (χ0) is 19.7. The topological polar surface area (TPSA) is 74.8 Å². The molecule has 1 aliphatic carbocycles. The van der Waals surface area contributed by atoms with E-state index in [4.69, 9.17) is 0 Å². The zero-order valence-electron chi connectivity index (χ0n) is 16.0. The number of rotatable bonds is 5. The Morgan fingerprint density at radius 1 is 1.39 bits per heavy atom. The molecule has 0 bridgehead atoms. The van der Waals surface area contributed by atoms with Crippen molar-refractivity contribution >= 4 is 44.9 Å². The van der Waals surface area contributed by atoms with Crippen molar-refractivity contribution in [2.24, 2.45) is 5.92 Å². The number of aromatic nitrogens is 2. The van der Waals surface area contributed by atoms with Crippen LogP contribution in [0.2, 0.25) is 0 Å². The molecular weight excluding hydrogens is 390 g/mol. The van der Waals surface area contributed by atoms with Crippen LogP contribution in [0.25, 0.3) is 10.2 Å². The van der Waals surface area contributed by atoms with Gasteiger partial charge in [0.2, 0.25) is 5.91 Å². The molecule has 4 rings (SSSR count). The number of H-pyrrole nitrogens is 1. The number of fused-ring (bicyclic) bond motifs is 3. The molecule has 0 spiro atoms. The highest BCUT2D eigenvalue weighted by atomic mass is 32.2. The summed E-state index contributed by atoms with van der Waals surface area (Å²) in [6.45, 7) is 4.31. The van der Waals surface area contributed by atoms with E-state index < -0.39 is 0 Å². The van der Waals surface area contributed by atoms with E-state index in [-0.39, 0.29) is 17.2 Å². The van der Waals surface area contributed by atoms with Crippen molar-refractivity contribution in [1.82, 2.24) is 9.97 Å². The van der Waals surface area contributed by atoms with Gasteiger partial charge in [-0.2, -0.15) is 0 Å². The lowest BCUT2D eigenvalue weighted by Gasteiger charge is -2.17. The maximum Gasteiger partial charge on any atom is 0.260 e. The number of aryl methyl sites for hydroxylation is 2. The summed E-state index contributed by atoms with van der Waals surface area (Å²) in [5, 5.41) is 4.20.